The third kappa shape index (κ3) is 4.88. The van der Waals surface area contributed by atoms with Gasteiger partial charge in [-0.05, 0) is 41.7 Å². The van der Waals surface area contributed by atoms with Gasteiger partial charge in [-0.1, -0.05) is 55.4 Å². The molecular weight excluding hydrogens is 510 g/mol. The van der Waals surface area contributed by atoms with Gasteiger partial charge < -0.3 is 19.8 Å². The lowest BCUT2D eigenvalue weighted by Gasteiger charge is -2.38. The standard InChI is InChI=1S/C28H28ClN3O4S/c1-28(2)12-19-23(20(33)13-28)22(17-11-16(35-3)9-10-21(17)36-4)24-25(30-19)31-27(32-26(24)34)37-14-15-7-5-6-8-18(15)29/h5-11,22H,12-14H2,1-4H3,(H2,30,31,32,34)/t22-/m0/s1. The van der Waals surface area contributed by atoms with Gasteiger partial charge in [-0.25, -0.2) is 4.98 Å². The molecule has 0 bridgehead atoms. The molecule has 0 saturated carbocycles. The van der Waals surface area contributed by atoms with Gasteiger partial charge in [0.05, 0.1) is 25.7 Å². The van der Waals surface area contributed by atoms with Gasteiger partial charge in [-0.3, -0.25) is 9.59 Å². The van der Waals surface area contributed by atoms with Crippen molar-refractivity contribution in [3.63, 3.8) is 0 Å². The third-order valence-corrected chi connectivity index (χ3v) is 8.06. The summed E-state index contributed by atoms with van der Waals surface area (Å²) in [5, 5.41) is 4.49. The van der Waals surface area contributed by atoms with Gasteiger partial charge in [0.2, 0.25) is 0 Å². The lowest BCUT2D eigenvalue weighted by molar-refractivity contribution is -0.118. The van der Waals surface area contributed by atoms with E-state index in [0.717, 1.165) is 11.3 Å². The molecule has 7 nitrogen and oxygen atoms in total. The number of nitrogens with zero attached hydrogens (tertiary/aromatic N) is 1. The number of thioether (sulfide) groups is 1. The molecule has 3 aromatic rings. The van der Waals surface area contributed by atoms with Gasteiger partial charge >= 0.3 is 0 Å². The monoisotopic (exact) mass is 537 g/mol. The molecule has 37 heavy (non-hydrogen) atoms. The molecule has 1 aliphatic carbocycles. The van der Waals surface area contributed by atoms with E-state index in [0.29, 0.717) is 62.8 Å². The second-order valence-corrected chi connectivity index (χ2v) is 11.4. The second kappa shape index (κ2) is 9.91. The summed E-state index contributed by atoms with van der Waals surface area (Å²) >= 11 is 7.71. The molecule has 1 aromatic heterocycles. The lowest BCUT2D eigenvalue weighted by atomic mass is 9.69. The van der Waals surface area contributed by atoms with E-state index < -0.39 is 5.92 Å². The van der Waals surface area contributed by atoms with Crippen molar-refractivity contribution in [2.45, 2.75) is 43.5 Å². The first-order valence-corrected chi connectivity index (χ1v) is 13.3. The van der Waals surface area contributed by atoms with Crippen LogP contribution in [-0.2, 0) is 10.5 Å². The summed E-state index contributed by atoms with van der Waals surface area (Å²) in [7, 11) is 3.16. The van der Waals surface area contributed by atoms with E-state index in [1.807, 2.05) is 30.3 Å². The van der Waals surface area contributed by atoms with Crippen molar-refractivity contribution in [1.29, 1.82) is 0 Å². The van der Waals surface area contributed by atoms with Gasteiger partial charge in [0.15, 0.2) is 10.9 Å². The maximum Gasteiger partial charge on any atom is 0.257 e. The highest BCUT2D eigenvalue weighted by atomic mass is 35.5. The summed E-state index contributed by atoms with van der Waals surface area (Å²) in [5.74, 6) is 1.55. The number of carbonyl (C=O) groups excluding carboxylic acids is 1. The SMILES string of the molecule is COc1ccc(OC)c([C@H]2C3=C(CC(C)(C)CC3=O)Nc3nc(SCc4ccccc4Cl)[nH]c(=O)c32)c1. The number of hydrogen-bond acceptors (Lipinski definition) is 7. The van der Waals surface area contributed by atoms with Crippen molar-refractivity contribution >= 4 is 35.0 Å². The van der Waals surface area contributed by atoms with E-state index in [4.69, 9.17) is 26.1 Å². The van der Waals surface area contributed by atoms with Crippen LogP contribution in [0, 0.1) is 5.41 Å². The molecule has 9 heteroatoms. The number of hydrogen-bond donors (Lipinski definition) is 2. The molecule has 0 spiro atoms. The molecule has 5 rings (SSSR count). The quantitative estimate of drug-likeness (QED) is 0.297. The number of fused-ring (bicyclic) bond motifs is 1. The predicted octanol–water partition coefficient (Wildman–Crippen LogP) is 5.93. The number of benzene rings is 2. The lowest BCUT2D eigenvalue weighted by Crippen LogP contribution is -2.37. The maximum absolute atomic E-state index is 13.6. The molecular formula is C28H28ClN3O4S. The van der Waals surface area contributed by atoms with Gasteiger partial charge in [-0.15, -0.1) is 0 Å². The summed E-state index contributed by atoms with van der Waals surface area (Å²) in [6.45, 7) is 4.15. The Kier molecular flexibility index (Phi) is 6.81. The van der Waals surface area contributed by atoms with Crippen LogP contribution >= 0.6 is 23.4 Å². The summed E-state index contributed by atoms with van der Waals surface area (Å²) in [5.41, 5.74) is 2.89. The number of aromatic nitrogens is 2. The zero-order valence-electron chi connectivity index (χ0n) is 21.1. The number of H-pyrrole nitrogens is 1. The third-order valence-electron chi connectivity index (χ3n) is 6.77. The van der Waals surface area contributed by atoms with Crippen molar-refractivity contribution in [2.75, 3.05) is 19.5 Å². The summed E-state index contributed by atoms with van der Waals surface area (Å²) < 4.78 is 11.1. The fourth-order valence-corrected chi connectivity index (χ4v) is 6.25. The van der Waals surface area contributed by atoms with Gasteiger partial charge in [0.1, 0.15) is 17.3 Å². The fourth-order valence-electron chi connectivity index (χ4n) is 5.10. The van der Waals surface area contributed by atoms with Crippen LogP contribution in [0.1, 0.15) is 49.3 Å². The highest BCUT2D eigenvalue weighted by Crippen LogP contribution is 2.49. The van der Waals surface area contributed by atoms with Crippen molar-refractivity contribution in [3.05, 3.63) is 85.8 Å². The van der Waals surface area contributed by atoms with Crippen LogP contribution in [0.3, 0.4) is 0 Å². The Hall–Kier alpha value is -3.23. The topological polar surface area (TPSA) is 93.3 Å². The Morgan fingerprint density at radius 2 is 1.89 bits per heavy atom. The van der Waals surface area contributed by atoms with Crippen molar-refractivity contribution < 1.29 is 14.3 Å². The molecule has 1 aliphatic heterocycles. The number of allylic oxidation sites excluding steroid dienone is 2. The Labute approximate surface area is 224 Å². The molecule has 2 aliphatic rings. The normalized spacial score (nSPS) is 18.1. The number of anilines is 1. The highest BCUT2D eigenvalue weighted by Gasteiger charge is 2.43. The Bertz CT molecular complexity index is 1480. The summed E-state index contributed by atoms with van der Waals surface area (Å²) in [6, 6.07) is 13.0. The Balaban J connectivity index is 1.64. The van der Waals surface area contributed by atoms with Crippen LogP contribution in [0.15, 0.2) is 63.7 Å². The Morgan fingerprint density at radius 1 is 1.11 bits per heavy atom. The number of methoxy groups -OCH3 is 2. The van der Waals surface area contributed by atoms with Crippen molar-refractivity contribution in [2.24, 2.45) is 5.41 Å². The second-order valence-electron chi connectivity index (χ2n) is 10.0. The molecule has 0 saturated heterocycles. The number of rotatable bonds is 6. The molecule has 192 valence electrons. The molecule has 0 unspecified atom stereocenters. The zero-order valence-corrected chi connectivity index (χ0v) is 22.7. The van der Waals surface area contributed by atoms with Gasteiger partial charge in [-0.2, -0.15) is 0 Å². The first-order chi connectivity index (χ1) is 17.7. The number of Topliss-reactive ketones (excluding diaryl/α,β-unsaturated/α-hetero) is 1. The molecule has 2 N–H and O–H groups in total. The van der Waals surface area contributed by atoms with Crippen LogP contribution in [-0.4, -0.2) is 30.0 Å². The minimum atomic E-state index is -0.640. The highest BCUT2D eigenvalue weighted by molar-refractivity contribution is 7.98. The minimum Gasteiger partial charge on any atom is -0.497 e. The van der Waals surface area contributed by atoms with Crippen molar-refractivity contribution in [1.82, 2.24) is 9.97 Å². The molecule has 0 fully saturated rings. The first-order valence-electron chi connectivity index (χ1n) is 12.0. The molecule has 2 heterocycles. The summed E-state index contributed by atoms with van der Waals surface area (Å²) in [4.78, 5) is 34.9. The van der Waals surface area contributed by atoms with E-state index in [2.05, 4.69) is 24.1 Å². The molecule has 2 aromatic carbocycles. The number of ether oxygens (including phenoxy) is 2. The molecule has 0 amide bonds. The van der Waals surface area contributed by atoms with E-state index in [1.165, 1.54) is 11.8 Å². The molecule has 0 radical (unpaired) electrons. The van der Waals surface area contributed by atoms with E-state index in [9.17, 15) is 9.59 Å². The number of carbonyl (C=O) groups is 1. The minimum absolute atomic E-state index is 0.0100. The van der Waals surface area contributed by atoms with Crippen LogP contribution < -0.4 is 20.3 Å². The average Bonchev–Trinajstić information content (AvgIpc) is 2.85. The number of nitrogens with one attached hydrogen (secondary N) is 2. The van der Waals surface area contributed by atoms with E-state index in [-0.39, 0.29) is 16.8 Å². The fraction of sp³-hybridized carbons (Fsp3) is 0.321. The largest absolute Gasteiger partial charge is 0.497 e. The number of halogens is 1. The van der Waals surface area contributed by atoms with Crippen LogP contribution in [0.25, 0.3) is 0 Å². The first kappa shape index (κ1) is 25.4. The van der Waals surface area contributed by atoms with E-state index in [1.54, 1.807) is 26.4 Å². The molecule has 1 atom stereocenters. The van der Waals surface area contributed by atoms with E-state index >= 15 is 0 Å². The Morgan fingerprint density at radius 3 is 2.62 bits per heavy atom. The zero-order chi connectivity index (χ0) is 26.3. The van der Waals surface area contributed by atoms with Gasteiger partial charge in [0, 0.05) is 34.0 Å². The predicted molar refractivity (Wildman–Crippen MR) is 146 cm³/mol. The number of aromatic amines is 1. The maximum atomic E-state index is 13.6. The van der Waals surface area contributed by atoms with Crippen LogP contribution in [0.5, 0.6) is 11.5 Å². The summed E-state index contributed by atoms with van der Waals surface area (Å²) in [6.07, 6.45) is 1.05. The van der Waals surface area contributed by atoms with Gasteiger partial charge in [0.25, 0.3) is 5.56 Å². The number of ketones is 1. The van der Waals surface area contributed by atoms with Crippen LogP contribution in [0.2, 0.25) is 5.02 Å². The van der Waals surface area contributed by atoms with Crippen LogP contribution in [0.4, 0.5) is 5.82 Å². The smallest absolute Gasteiger partial charge is 0.257 e. The average molecular weight is 538 g/mol. The van der Waals surface area contributed by atoms with Crippen molar-refractivity contribution in [3.8, 4) is 11.5 Å².